The molecule has 1 aliphatic rings. The van der Waals surface area contributed by atoms with Gasteiger partial charge in [-0.2, -0.15) is 13.2 Å². The molecule has 0 amide bonds. The van der Waals surface area contributed by atoms with E-state index in [1.807, 2.05) is 0 Å². The van der Waals surface area contributed by atoms with Gasteiger partial charge in [0.1, 0.15) is 5.82 Å². The Kier molecular flexibility index (Phi) is 10.0. The fraction of sp³-hybridized carbons (Fsp3) is 0.316. The van der Waals surface area contributed by atoms with Gasteiger partial charge < -0.3 is 30.7 Å². The highest BCUT2D eigenvalue weighted by Gasteiger charge is 2.30. The Morgan fingerprint density at radius 2 is 1.55 bits per heavy atom. The van der Waals surface area contributed by atoms with Crippen LogP contribution in [0.15, 0.2) is 30.5 Å². The summed E-state index contributed by atoms with van der Waals surface area (Å²) in [6.45, 7) is 0.856. The number of carboxylic acids is 4. The minimum atomic E-state index is -4.33. The number of H-pyrrole nitrogens is 1. The summed E-state index contributed by atoms with van der Waals surface area (Å²) in [5.74, 6) is -6.82. The SMILES string of the molecule is FC(F)(F)c1cccc(-c2ncc(CCNC3CC3)[nH]2)c1.O=C(O)C(=O)O.O=C(O)C(=O)O. The van der Waals surface area contributed by atoms with Crippen molar-refractivity contribution < 1.29 is 52.8 Å². The van der Waals surface area contributed by atoms with E-state index in [4.69, 9.17) is 39.6 Å². The van der Waals surface area contributed by atoms with Crippen LogP contribution in [0.1, 0.15) is 24.1 Å². The Morgan fingerprint density at radius 3 is 2.00 bits per heavy atom. The average Bonchev–Trinajstić information content (AvgIpc) is 3.43. The highest BCUT2D eigenvalue weighted by molar-refractivity contribution is 6.27. The molecule has 1 aromatic carbocycles. The number of halogens is 3. The molecule has 3 rings (SSSR count). The van der Waals surface area contributed by atoms with Crippen molar-refractivity contribution in [1.29, 1.82) is 0 Å². The molecular formula is C19H20F3N3O8. The first kappa shape index (κ1) is 27.1. The first-order chi connectivity index (χ1) is 15.3. The van der Waals surface area contributed by atoms with Crippen LogP contribution in [-0.2, 0) is 31.8 Å². The molecule has 1 saturated carbocycles. The van der Waals surface area contributed by atoms with Gasteiger partial charge in [0.25, 0.3) is 0 Å². The van der Waals surface area contributed by atoms with E-state index in [9.17, 15) is 13.2 Å². The lowest BCUT2D eigenvalue weighted by Crippen LogP contribution is -2.19. The number of carboxylic acid groups (broad SMARTS) is 4. The molecule has 1 fully saturated rings. The molecule has 6 N–H and O–H groups in total. The first-order valence-electron chi connectivity index (χ1n) is 9.18. The van der Waals surface area contributed by atoms with Gasteiger partial charge in [-0.25, -0.2) is 24.2 Å². The van der Waals surface area contributed by atoms with Crippen LogP contribution >= 0.6 is 0 Å². The van der Waals surface area contributed by atoms with E-state index in [0.29, 0.717) is 17.4 Å². The third kappa shape index (κ3) is 10.8. The fourth-order valence-corrected chi connectivity index (χ4v) is 2.17. The Morgan fingerprint density at radius 1 is 1.00 bits per heavy atom. The van der Waals surface area contributed by atoms with Gasteiger partial charge in [0, 0.05) is 36.5 Å². The standard InChI is InChI=1S/C15H16F3N3.2C2H2O4/c16-15(17,18)11-3-1-2-10(8-11)14-20-9-13(21-14)6-7-19-12-4-5-12;2*3-1(4)2(5)6/h1-3,8-9,12,19H,4-7H2,(H,20,21);2*(H,3,4)(H,5,6). The topological polar surface area (TPSA) is 190 Å². The second kappa shape index (κ2) is 12.2. The summed E-state index contributed by atoms with van der Waals surface area (Å²) in [6.07, 6.45) is 0.614. The molecule has 14 heteroatoms. The molecule has 33 heavy (non-hydrogen) atoms. The monoisotopic (exact) mass is 475 g/mol. The maximum Gasteiger partial charge on any atom is 0.416 e. The number of hydrogen-bond donors (Lipinski definition) is 6. The fourth-order valence-electron chi connectivity index (χ4n) is 2.17. The molecule has 2 aromatic rings. The molecule has 0 atom stereocenters. The smallest absolute Gasteiger partial charge is 0.416 e. The molecule has 180 valence electrons. The number of rotatable bonds is 5. The summed E-state index contributed by atoms with van der Waals surface area (Å²) in [7, 11) is 0. The molecule has 1 aromatic heterocycles. The molecule has 0 saturated heterocycles. The predicted octanol–water partition coefficient (Wildman–Crippen LogP) is 1.70. The van der Waals surface area contributed by atoms with Gasteiger partial charge in [-0.3, -0.25) is 0 Å². The van der Waals surface area contributed by atoms with Gasteiger partial charge >= 0.3 is 30.1 Å². The van der Waals surface area contributed by atoms with Crippen LogP contribution in [0.5, 0.6) is 0 Å². The molecule has 0 aliphatic heterocycles. The lowest BCUT2D eigenvalue weighted by Gasteiger charge is -2.07. The molecule has 1 heterocycles. The number of nitrogens with one attached hydrogen (secondary N) is 2. The van der Waals surface area contributed by atoms with Crippen LogP contribution in [0, 0.1) is 0 Å². The van der Waals surface area contributed by atoms with Crippen molar-refractivity contribution in [3.8, 4) is 11.4 Å². The summed E-state index contributed by atoms with van der Waals surface area (Å²) in [5.41, 5.74) is 0.718. The summed E-state index contributed by atoms with van der Waals surface area (Å²) < 4.78 is 38.1. The molecule has 1 aliphatic carbocycles. The van der Waals surface area contributed by atoms with Gasteiger partial charge in [-0.15, -0.1) is 0 Å². The number of imidazole rings is 1. The van der Waals surface area contributed by atoms with E-state index in [0.717, 1.165) is 30.8 Å². The molecule has 0 unspecified atom stereocenters. The maximum absolute atomic E-state index is 12.7. The van der Waals surface area contributed by atoms with Crippen LogP contribution in [0.25, 0.3) is 11.4 Å². The van der Waals surface area contributed by atoms with E-state index in [1.54, 1.807) is 12.3 Å². The number of alkyl halides is 3. The molecule has 0 bridgehead atoms. The Labute approximate surface area is 183 Å². The third-order valence-electron chi connectivity index (χ3n) is 3.86. The molecule has 0 spiro atoms. The van der Waals surface area contributed by atoms with E-state index in [-0.39, 0.29) is 0 Å². The highest BCUT2D eigenvalue weighted by Crippen LogP contribution is 2.31. The van der Waals surface area contributed by atoms with Crippen LogP contribution in [0.3, 0.4) is 0 Å². The van der Waals surface area contributed by atoms with Crippen molar-refractivity contribution in [3.05, 3.63) is 41.7 Å². The number of aromatic nitrogens is 2. The van der Waals surface area contributed by atoms with E-state index < -0.39 is 35.6 Å². The quantitative estimate of drug-likeness (QED) is 0.347. The van der Waals surface area contributed by atoms with Crippen molar-refractivity contribution >= 4 is 23.9 Å². The maximum atomic E-state index is 12.7. The van der Waals surface area contributed by atoms with Gasteiger partial charge in [-0.05, 0) is 25.0 Å². The number of aromatic amines is 1. The minimum Gasteiger partial charge on any atom is -0.473 e. The summed E-state index contributed by atoms with van der Waals surface area (Å²) >= 11 is 0. The second-order valence-electron chi connectivity index (χ2n) is 6.53. The molecular weight excluding hydrogens is 455 g/mol. The number of nitrogens with zero attached hydrogens (tertiary/aromatic N) is 1. The van der Waals surface area contributed by atoms with E-state index in [1.165, 1.54) is 18.9 Å². The second-order valence-corrected chi connectivity index (χ2v) is 6.53. The lowest BCUT2D eigenvalue weighted by molar-refractivity contribution is -0.159. The summed E-state index contributed by atoms with van der Waals surface area (Å²) in [6, 6.07) is 5.85. The lowest BCUT2D eigenvalue weighted by atomic mass is 10.1. The third-order valence-corrected chi connectivity index (χ3v) is 3.86. The van der Waals surface area contributed by atoms with Crippen molar-refractivity contribution in [2.75, 3.05) is 6.54 Å². The Balaban J connectivity index is 0.000000377. The van der Waals surface area contributed by atoms with E-state index in [2.05, 4.69) is 15.3 Å². The number of carbonyl (C=O) groups is 4. The number of benzene rings is 1. The molecule has 11 nitrogen and oxygen atoms in total. The summed E-state index contributed by atoms with van der Waals surface area (Å²) in [4.78, 5) is 43.7. The van der Waals surface area contributed by atoms with Crippen LogP contribution < -0.4 is 5.32 Å². The molecule has 0 radical (unpaired) electrons. The van der Waals surface area contributed by atoms with Crippen molar-refractivity contribution in [2.45, 2.75) is 31.5 Å². The average molecular weight is 475 g/mol. The van der Waals surface area contributed by atoms with Gasteiger partial charge in [0.05, 0.1) is 5.56 Å². The number of hydrogen-bond acceptors (Lipinski definition) is 6. The highest BCUT2D eigenvalue weighted by atomic mass is 19.4. The Hall–Kier alpha value is -3.94. The van der Waals surface area contributed by atoms with Gasteiger partial charge in [-0.1, -0.05) is 12.1 Å². The van der Waals surface area contributed by atoms with Crippen molar-refractivity contribution in [2.24, 2.45) is 0 Å². The zero-order valence-electron chi connectivity index (χ0n) is 16.8. The van der Waals surface area contributed by atoms with Gasteiger partial charge in [0.15, 0.2) is 0 Å². The predicted molar refractivity (Wildman–Crippen MR) is 104 cm³/mol. The minimum absolute atomic E-state index is 0.450. The zero-order valence-corrected chi connectivity index (χ0v) is 16.8. The largest absolute Gasteiger partial charge is 0.473 e. The van der Waals surface area contributed by atoms with Crippen LogP contribution in [0.4, 0.5) is 13.2 Å². The normalized spacial score (nSPS) is 12.5. The zero-order chi connectivity index (χ0) is 25.2. The van der Waals surface area contributed by atoms with Crippen LogP contribution in [0.2, 0.25) is 0 Å². The number of aliphatic carboxylic acids is 4. The van der Waals surface area contributed by atoms with Crippen LogP contribution in [-0.4, -0.2) is 66.9 Å². The Bertz CT molecular complexity index is 939. The van der Waals surface area contributed by atoms with E-state index >= 15 is 0 Å². The summed E-state index contributed by atoms with van der Waals surface area (Å²) in [5, 5.41) is 33.0. The van der Waals surface area contributed by atoms with Crippen molar-refractivity contribution in [1.82, 2.24) is 15.3 Å². The van der Waals surface area contributed by atoms with Gasteiger partial charge in [0.2, 0.25) is 0 Å². The first-order valence-corrected chi connectivity index (χ1v) is 9.18. The van der Waals surface area contributed by atoms with Crippen molar-refractivity contribution in [3.63, 3.8) is 0 Å².